The molecule has 4 rings (SSSR count). The fraction of sp³-hybridized carbons (Fsp3) is 0.182. The third-order valence-electron chi connectivity index (χ3n) is 5.22. The third-order valence-corrected chi connectivity index (χ3v) is 5.22. The Hall–Kier alpha value is -4.14. The van der Waals surface area contributed by atoms with Crippen molar-refractivity contribution in [2.75, 3.05) is 0 Å². The van der Waals surface area contributed by atoms with Crippen molar-refractivity contribution < 1.29 is 10.0 Å². The standard InChI is InChI=1S/C22H20N6O3/c1-14-15(2)27(12-16-6-4-3-5-7-16)22-20(14)21(23-13-24-22)26-25-11-17-8-9-19(29)18(10-17)28(30)31/h3-10,13,29H,11-12H2,1-2H3. The molecule has 156 valence electrons. The van der Waals surface area contributed by atoms with E-state index in [2.05, 4.69) is 36.9 Å². The van der Waals surface area contributed by atoms with E-state index in [4.69, 9.17) is 0 Å². The highest BCUT2D eigenvalue weighted by molar-refractivity contribution is 5.90. The molecule has 4 aromatic rings. The van der Waals surface area contributed by atoms with Crippen LogP contribution in [-0.2, 0) is 13.1 Å². The highest BCUT2D eigenvalue weighted by Crippen LogP contribution is 2.31. The zero-order chi connectivity index (χ0) is 22.0. The van der Waals surface area contributed by atoms with Crippen molar-refractivity contribution in [1.82, 2.24) is 14.5 Å². The van der Waals surface area contributed by atoms with Crippen LogP contribution in [0.25, 0.3) is 11.0 Å². The summed E-state index contributed by atoms with van der Waals surface area (Å²) in [7, 11) is 0. The zero-order valence-electron chi connectivity index (χ0n) is 17.1. The second kappa shape index (κ2) is 8.31. The van der Waals surface area contributed by atoms with Crippen LogP contribution in [0.15, 0.2) is 65.1 Å². The molecule has 0 bridgehead atoms. The van der Waals surface area contributed by atoms with Crippen LogP contribution < -0.4 is 0 Å². The minimum absolute atomic E-state index is 0.120. The lowest BCUT2D eigenvalue weighted by molar-refractivity contribution is -0.385. The lowest BCUT2D eigenvalue weighted by Crippen LogP contribution is -2.02. The highest BCUT2D eigenvalue weighted by atomic mass is 16.6. The summed E-state index contributed by atoms with van der Waals surface area (Å²) in [6.45, 7) is 4.85. The Morgan fingerprint density at radius 1 is 1.10 bits per heavy atom. The largest absolute Gasteiger partial charge is 0.502 e. The van der Waals surface area contributed by atoms with Crippen LogP contribution in [0.5, 0.6) is 5.75 Å². The molecular formula is C22H20N6O3. The minimum atomic E-state index is -0.633. The van der Waals surface area contributed by atoms with Crippen molar-refractivity contribution in [1.29, 1.82) is 0 Å². The average Bonchev–Trinajstić information content (AvgIpc) is 3.01. The van der Waals surface area contributed by atoms with E-state index in [1.165, 1.54) is 24.0 Å². The summed E-state index contributed by atoms with van der Waals surface area (Å²) in [4.78, 5) is 19.1. The fourth-order valence-corrected chi connectivity index (χ4v) is 3.48. The third kappa shape index (κ3) is 3.97. The summed E-state index contributed by atoms with van der Waals surface area (Å²) in [5.74, 6) is 0.0692. The molecule has 0 aliphatic carbocycles. The number of aromatic nitrogens is 3. The summed E-state index contributed by atoms with van der Waals surface area (Å²) in [6, 6.07) is 14.3. The number of fused-ring (bicyclic) bond motifs is 1. The molecule has 0 unspecified atom stereocenters. The van der Waals surface area contributed by atoms with Crippen molar-refractivity contribution in [3.8, 4) is 5.75 Å². The molecule has 0 spiro atoms. The van der Waals surface area contributed by atoms with Gasteiger partial charge in [-0.1, -0.05) is 36.4 Å². The first-order valence-corrected chi connectivity index (χ1v) is 9.64. The van der Waals surface area contributed by atoms with Gasteiger partial charge < -0.3 is 9.67 Å². The number of nitrogens with zero attached hydrogens (tertiary/aromatic N) is 6. The van der Waals surface area contributed by atoms with Gasteiger partial charge in [0.1, 0.15) is 12.0 Å². The van der Waals surface area contributed by atoms with Gasteiger partial charge in [-0.25, -0.2) is 9.97 Å². The normalized spacial score (nSPS) is 11.4. The van der Waals surface area contributed by atoms with Gasteiger partial charge >= 0.3 is 5.69 Å². The lowest BCUT2D eigenvalue weighted by atomic mass is 10.2. The second-order valence-electron chi connectivity index (χ2n) is 7.16. The summed E-state index contributed by atoms with van der Waals surface area (Å²) in [6.07, 6.45) is 1.46. The summed E-state index contributed by atoms with van der Waals surface area (Å²) < 4.78 is 2.13. The van der Waals surface area contributed by atoms with Gasteiger partial charge in [0.05, 0.1) is 16.9 Å². The summed E-state index contributed by atoms with van der Waals surface area (Å²) in [5, 5.41) is 29.9. The molecule has 0 aliphatic heterocycles. The first-order chi connectivity index (χ1) is 15.0. The van der Waals surface area contributed by atoms with E-state index < -0.39 is 4.92 Å². The predicted molar refractivity (Wildman–Crippen MR) is 116 cm³/mol. The number of benzene rings is 2. The van der Waals surface area contributed by atoms with Crippen LogP contribution >= 0.6 is 0 Å². The number of aryl methyl sites for hydroxylation is 1. The SMILES string of the molecule is Cc1c(C)n(Cc2ccccc2)c2ncnc(N=NCc3ccc(O)c([N+](=O)[O-])c3)c12. The van der Waals surface area contributed by atoms with Crippen molar-refractivity contribution in [3.63, 3.8) is 0 Å². The zero-order valence-corrected chi connectivity index (χ0v) is 17.1. The predicted octanol–water partition coefficient (Wildman–Crippen LogP) is 4.99. The molecule has 9 heteroatoms. The van der Waals surface area contributed by atoms with Gasteiger partial charge in [-0.15, -0.1) is 5.11 Å². The molecule has 0 fully saturated rings. The molecule has 1 N–H and O–H groups in total. The van der Waals surface area contributed by atoms with Crippen molar-refractivity contribution >= 4 is 22.5 Å². The van der Waals surface area contributed by atoms with Gasteiger partial charge in [-0.05, 0) is 36.6 Å². The number of nitro groups is 1. The number of azo groups is 1. The molecule has 2 aromatic heterocycles. The molecule has 9 nitrogen and oxygen atoms in total. The topological polar surface area (TPSA) is 119 Å². The Morgan fingerprint density at radius 3 is 2.61 bits per heavy atom. The first kappa shape index (κ1) is 20.1. The summed E-state index contributed by atoms with van der Waals surface area (Å²) in [5.41, 5.74) is 4.25. The van der Waals surface area contributed by atoms with Gasteiger partial charge in [0.15, 0.2) is 11.6 Å². The molecule has 0 aliphatic rings. The van der Waals surface area contributed by atoms with Crippen molar-refractivity contribution in [2.45, 2.75) is 26.9 Å². The Kier molecular flexibility index (Phi) is 5.40. The van der Waals surface area contributed by atoms with E-state index in [0.29, 0.717) is 17.9 Å². The van der Waals surface area contributed by atoms with Gasteiger partial charge in [0.2, 0.25) is 0 Å². The molecule has 31 heavy (non-hydrogen) atoms. The van der Waals surface area contributed by atoms with E-state index in [-0.39, 0.29) is 18.0 Å². The van der Waals surface area contributed by atoms with Crippen LogP contribution in [-0.4, -0.2) is 24.6 Å². The van der Waals surface area contributed by atoms with Gasteiger partial charge in [0, 0.05) is 18.3 Å². The van der Waals surface area contributed by atoms with Crippen LogP contribution in [0, 0.1) is 24.0 Å². The van der Waals surface area contributed by atoms with Crippen molar-refractivity contribution in [3.05, 3.63) is 87.4 Å². The number of phenols is 1. The van der Waals surface area contributed by atoms with Crippen LogP contribution in [0.4, 0.5) is 11.5 Å². The monoisotopic (exact) mass is 416 g/mol. The Morgan fingerprint density at radius 2 is 1.87 bits per heavy atom. The first-order valence-electron chi connectivity index (χ1n) is 9.64. The van der Waals surface area contributed by atoms with Crippen LogP contribution in [0.3, 0.4) is 0 Å². The van der Waals surface area contributed by atoms with E-state index >= 15 is 0 Å². The van der Waals surface area contributed by atoms with Gasteiger partial charge in [-0.3, -0.25) is 10.1 Å². The average molecular weight is 416 g/mol. The Balaban J connectivity index is 1.65. The van der Waals surface area contributed by atoms with Crippen molar-refractivity contribution in [2.24, 2.45) is 10.2 Å². The maximum atomic E-state index is 11.0. The number of rotatable bonds is 6. The number of aromatic hydroxyl groups is 1. The lowest BCUT2D eigenvalue weighted by Gasteiger charge is -2.07. The Bertz CT molecular complexity index is 1300. The number of hydrogen-bond donors (Lipinski definition) is 1. The van der Waals surface area contributed by atoms with Gasteiger partial charge in [0.25, 0.3) is 0 Å². The molecular weight excluding hydrogens is 396 g/mol. The molecule has 2 aromatic carbocycles. The molecule has 2 heterocycles. The van der Waals surface area contributed by atoms with E-state index in [1.54, 1.807) is 6.07 Å². The second-order valence-corrected chi connectivity index (χ2v) is 7.16. The van der Waals surface area contributed by atoms with Gasteiger partial charge in [-0.2, -0.15) is 5.11 Å². The van der Waals surface area contributed by atoms with E-state index in [1.807, 2.05) is 32.0 Å². The molecule has 0 radical (unpaired) electrons. The molecule has 0 saturated carbocycles. The fourth-order valence-electron chi connectivity index (χ4n) is 3.48. The summed E-state index contributed by atoms with van der Waals surface area (Å²) >= 11 is 0. The number of hydrogen-bond acceptors (Lipinski definition) is 7. The number of phenolic OH excluding ortho intramolecular Hbond substituents is 1. The highest BCUT2D eigenvalue weighted by Gasteiger charge is 2.17. The maximum Gasteiger partial charge on any atom is 0.311 e. The molecule has 0 amide bonds. The quantitative estimate of drug-likeness (QED) is 0.270. The van der Waals surface area contributed by atoms with E-state index in [9.17, 15) is 15.2 Å². The van der Waals surface area contributed by atoms with E-state index in [0.717, 1.165) is 22.3 Å². The number of nitro benzene ring substituents is 1. The molecule has 0 atom stereocenters. The Labute approximate surface area is 177 Å². The maximum absolute atomic E-state index is 11.0. The molecule has 0 saturated heterocycles. The minimum Gasteiger partial charge on any atom is -0.502 e. The van der Waals surface area contributed by atoms with Crippen LogP contribution in [0.2, 0.25) is 0 Å². The smallest absolute Gasteiger partial charge is 0.311 e. The van der Waals surface area contributed by atoms with Crippen LogP contribution in [0.1, 0.15) is 22.4 Å².